The number of carbonyl (C=O) groups excluding carboxylic acids is 1. The van der Waals surface area contributed by atoms with Gasteiger partial charge in [0, 0.05) is 23.4 Å². The first-order chi connectivity index (χ1) is 7.63. The molecular formula is C9H10BrNO. The normalized spacial score (nSPS) is 17.9. The molecule has 3 heteroatoms. The molecule has 0 aliphatic carbocycles. The average Bonchev–Trinajstić information content (AvgIpc) is 2.15. The Morgan fingerprint density at radius 1 is 1.83 bits per heavy atom. The first-order valence-electron chi connectivity index (χ1n) is 5.71. The maximum Gasteiger partial charge on any atom is 0.251 e. The second kappa shape index (κ2) is 4.26. The Morgan fingerprint density at radius 2 is 2.67 bits per heavy atom. The number of nitrogens with one attached hydrogen (secondary N) is 1. The molecule has 0 saturated carbocycles. The minimum atomic E-state index is -2.91. The van der Waals surface area contributed by atoms with Gasteiger partial charge in [-0.15, -0.1) is 0 Å². The van der Waals surface area contributed by atoms with E-state index >= 15 is 0 Å². The fourth-order valence-electron chi connectivity index (χ4n) is 0.759. The molecule has 0 radical (unpaired) electrons. The van der Waals surface area contributed by atoms with Crippen LogP contribution in [0.4, 0.5) is 0 Å². The molecule has 1 aromatic carbocycles. The maximum absolute atomic E-state index is 11.6. The molecule has 1 aromatic rings. The number of hydrogen-bond acceptors (Lipinski definition) is 1. The van der Waals surface area contributed by atoms with E-state index in [1.54, 1.807) is 12.1 Å². The van der Waals surface area contributed by atoms with Gasteiger partial charge >= 0.3 is 0 Å². The van der Waals surface area contributed by atoms with Crippen molar-refractivity contribution in [2.75, 3.05) is 6.50 Å². The van der Waals surface area contributed by atoms with Crippen LogP contribution in [0.25, 0.3) is 0 Å². The van der Waals surface area contributed by atoms with Crippen LogP contribution in [0.2, 0.25) is 0 Å². The van der Waals surface area contributed by atoms with Gasteiger partial charge in [0.25, 0.3) is 5.91 Å². The first kappa shape index (κ1) is 4.42. The minimum Gasteiger partial charge on any atom is -0.352 e. The molecule has 2 nitrogen and oxygen atoms in total. The molecule has 64 valence electrons. The Labute approximate surface area is 87.1 Å². The van der Waals surface area contributed by atoms with E-state index in [4.69, 9.17) is 6.85 Å². The highest BCUT2D eigenvalue weighted by atomic mass is 79.9. The van der Waals surface area contributed by atoms with Gasteiger partial charge in [-0.05, 0) is 25.1 Å². The molecule has 0 unspecified atom stereocenters. The van der Waals surface area contributed by atoms with Gasteiger partial charge in [-0.25, -0.2) is 0 Å². The molecule has 12 heavy (non-hydrogen) atoms. The van der Waals surface area contributed by atoms with Gasteiger partial charge in [0.2, 0.25) is 0 Å². The van der Waals surface area contributed by atoms with Crippen molar-refractivity contribution in [1.29, 1.82) is 0 Å². The van der Waals surface area contributed by atoms with Gasteiger partial charge in [0.05, 0.1) is 0 Å². The molecule has 1 N–H and O–H groups in total. The lowest BCUT2D eigenvalue weighted by molar-refractivity contribution is 0.0956. The minimum absolute atomic E-state index is 0.188. The number of amides is 1. The standard InChI is InChI=1S/C9H10BrNO/c1-2-11-9(12)7-4-3-5-8(10)6-7/h3-6H,2H2,1H3,(H,11,12)/i1D3,2D2. The Balaban J connectivity index is 2.87. The molecule has 0 aromatic heterocycles. The van der Waals surface area contributed by atoms with Gasteiger partial charge < -0.3 is 5.32 Å². The van der Waals surface area contributed by atoms with E-state index in [1.807, 2.05) is 5.32 Å². The van der Waals surface area contributed by atoms with E-state index in [2.05, 4.69) is 15.9 Å². The van der Waals surface area contributed by atoms with E-state index in [0.29, 0.717) is 4.47 Å². The summed E-state index contributed by atoms with van der Waals surface area (Å²) in [5.41, 5.74) is 0.188. The highest BCUT2D eigenvalue weighted by Gasteiger charge is 2.02. The van der Waals surface area contributed by atoms with Crippen molar-refractivity contribution in [1.82, 2.24) is 5.32 Å². The quantitative estimate of drug-likeness (QED) is 0.833. The third-order valence-electron chi connectivity index (χ3n) is 1.26. The lowest BCUT2D eigenvalue weighted by atomic mass is 10.2. The van der Waals surface area contributed by atoms with Crippen molar-refractivity contribution in [2.24, 2.45) is 0 Å². The Hall–Kier alpha value is -0.830. The molecule has 0 atom stereocenters. The summed E-state index contributed by atoms with van der Waals surface area (Å²) in [6.07, 6.45) is 0. The molecular weight excluding hydrogens is 218 g/mol. The SMILES string of the molecule is [2H]C([2H])([2H])C([2H])([2H])NC(=O)c1cccc(Br)c1. The molecule has 0 saturated heterocycles. The van der Waals surface area contributed by atoms with Crippen LogP contribution < -0.4 is 5.32 Å². The van der Waals surface area contributed by atoms with Crippen molar-refractivity contribution in [3.05, 3.63) is 34.3 Å². The summed E-state index contributed by atoms with van der Waals surface area (Å²) in [5.74, 6) is -0.771. The maximum atomic E-state index is 11.6. The van der Waals surface area contributed by atoms with Crippen LogP contribution >= 0.6 is 15.9 Å². The third-order valence-corrected chi connectivity index (χ3v) is 1.76. The smallest absolute Gasteiger partial charge is 0.251 e. The van der Waals surface area contributed by atoms with E-state index in [0.717, 1.165) is 0 Å². The van der Waals surface area contributed by atoms with Crippen LogP contribution in [0.1, 0.15) is 24.1 Å². The van der Waals surface area contributed by atoms with Crippen molar-refractivity contribution < 1.29 is 11.6 Å². The zero-order chi connectivity index (χ0) is 13.3. The zero-order valence-electron chi connectivity index (χ0n) is 11.1. The Bertz CT molecular complexity index is 432. The van der Waals surface area contributed by atoms with Crippen molar-refractivity contribution >= 4 is 21.8 Å². The summed E-state index contributed by atoms with van der Waals surface area (Å²) in [5, 5.41) is 1.85. The molecule has 0 heterocycles. The largest absolute Gasteiger partial charge is 0.352 e. The predicted octanol–water partition coefficient (Wildman–Crippen LogP) is 2.20. The van der Waals surface area contributed by atoms with Crippen LogP contribution in [0.3, 0.4) is 0 Å². The van der Waals surface area contributed by atoms with Crippen molar-refractivity contribution in [3.8, 4) is 0 Å². The fraction of sp³-hybridized carbons (Fsp3) is 0.222. The van der Waals surface area contributed by atoms with Gasteiger partial charge in [0.15, 0.2) is 0 Å². The van der Waals surface area contributed by atoms with Crippen LogP contribution in [0.5, 0.6) is 0 Å². The second-order valence-corrected chi connectivity index (χ2v) is 3.01. The van der Waals surface area contributed by atoms with E-state index in [-0.39, 0.29) is 5.56 Å². The number of halogens is 1. The highest BCUT2D eigenvalue weighted by molar-refractivity contribution is 9.10. The number of carbonyl (C=O) groups is 1. The lowest BCUT2D eigenvalue weighted by Crippen LogP contribution is -2.22. The monoisotopic (exact) mass is 232 g/mol. The number of rotatable bonds is 2. The summed E-state index contributed by atoms with van der Waals surface area (Å²) in [6, 6.07) is 6.25. The van der Waals surface area contributed by atoms with E-state index in [1.165, 1.54) is 12.1 Å². The third kappa shape index (κ3) is 2.34. The molecule has 1 amide bonds. The number of hydrogen-bond donors (Lipinski definition) is 1. The molecule has 0 aliphatic heterocycles. The Kier molecular flexibility index (Phi) is 1.57. The van der Waals surface area contributed by atoms with E-state index in [9.17, 15) is 4.79 Å². The second-order valence-electron chi connectivity index (χ2n) is 2.09. The molecule has 1 rings (SSSR count). The Morgan fingerprint density at radius 3 is 3.33 bits per heavy atom. The molecule has 0 spiro atoms. The fourth-order valence-corrected chi connectivity index (χ4v) is 1.16. The van der Waals surface area contributed by atoms with E-state index < -0.39 is 19.3 Å². The summed E-state index contributed by atoms with van der Waals surface area (Å²) in [4.78, 5) is 11.6. The molecule has 0 fully saturated rings. The highest BCUT2D eigenvalue weighted by Crippen LogP contribution is 2.11. The molecule has 0 bridgehead atoms. The van der Waals surface area contributed by atoms with Crippen LogP contribution in [0.15, 0.2) is 28.7 Å². The van der Waals surface area contributed by atoms with Crippen LogP contribution in [0, 0.1) is 0 Å². The van der Waals surface area contributed by atoms with Crippen molar-refractivity contribution in [3.63, 3.8) is 0 Å². The first-order valence-corrected chi connectivity index (χ1v) is 4.01. The van der Waals surface area contributed by atoms with Gasteiger partial charge in [-0.3, -0.25) is 4.79 Å². The summed E-state index contributed by atoms with van der Waals surface area (Å²) < 4.78 is 36.1. The lowest BCUT2D eigenvalue weighted by Gasteiger charge is -2.01. The van der Waals surface area contributed by atoms with Crippen LogP contribution in [-0.2, 0) is 0 Å². The summed E-state index contributed by atoms with van der Waals surface area (Å²) in [6.45, 7) is -5.67. The number of benzene rings is 1. The topological polar surface area (TPSA) is 29.1 Å². The summed E-state index contributed by atoms with van der Waals surface area (Å²) >= 11 is 3.16. The van der Waals surface area contributed by atoms with Gasteiger partial charge in [-0.2, -0.15) is 0 Å². The summed E-state index contributed by atoms with van der Waals surface area (Å²) in [7, 11) is 0. The van der Waals surface area contributed by atoms with Gasteiger partial charge in [0.1, 0.15) is 0 Å². The van der Waals surface area contributed by atoms with Gasteiger partial charge in [-0.1, -0.05) is 22.0 Å². The zero-order valence-corrected chi connectivity index (χ0v) is 7.68. The van der Waals surface area contributed by atoms with Crippen LogP contribution in [-0.4, -0.2) is 12.4 Å². The predicted molar refractivity (Wildman–Crippen MR) is 52.1 cm³/mol. The average molecular weight is 233 g/mol. The molecule has 0 aliphatic rings. The van der Waals surface area contributed by atoms with Crippen molar-refractivity contribution in [2.45, 2.75) is 6.85 Å².